The van der Waals surface area contributed by atoms with Crippen molar-refractivity contribution < 1.29 is 17.9 Å². The summed E-state index contributed by atoms with van der Waals surface area (Å²) in [6.07, 6.45) is 2.09. The fourth-order valence-corrected chi connectivity index (χ4v) is 4.22. The molecule has 2 N–H and O–H groups in total. The van der Waals surface area contributed by atoms with Gasteiger partial charge in [0.05, 0.1) is 11.9 Å². The Bertz CT molecular complexity index is 1140. The quantitative estimate of drug-likeness (QED) is 0.483. The molecule has 0 radical (unpaired) electrons. The second-order valence-corrected chi connectivity index (χ2v) is 9.78. The molecule has 1 heterocycles. The number of benzene rings is 2. The predicted octanol–water partition coefficient (Wildman–Crippen LogP) is 4.71. The Balaban J connectivity index is 1.59. The Kier molecular flexibility index (Phi) is 7.29. The molecule has 1 aromatic heterocycles. The van der Waals surface area contributed by atoms with E-state index in [-0.39, 0.29) is 12.5 Å². The van der Waals surface area contributed by atoms with Gasteiger partial charge in [0.15, 0.2) is 11.7 Å². The maximum absolute atomic E-state index is 12.3. The van der Waals surface area contributed by atoms with E-state index < -0.39 is 10.0 Å². The standard InChI is InChI=1S/C22H25N3O4S2/c1-4-15(2)18-7-5-6-8-20(18)29-13-21(26)24-22-23-19(14-30-22)16-9-11-17(12-10-16)25-31(3,27)28/h5-12,14-15,25H,4,13H2,1-3H3,(H,23,24,26). The smallest absolute Gasteiger partial charge is 0.264 e. The van der Waals surface area contributed by atoms with Crippen LogP contribution in [0.15, 0.2) is 53.9 Å². The van der Waals surface area contributed by atoms with Crippen LogP contribution in [-0.2, 0) is 14.8 Å². The van der Waals surface area contributed by atoms with Gasteiger partial charge in [-0.25, -0.2) is 13.4 Å². The van der Waals surface area contributed by atoms with Gasteiger partial charge in [0.25, 0.3) is 5.91 Å². The highest BCUT2D eigenvalue weighted by atomic mass is 32.2. The number of anilines is 2. The van der Waals surface area contributed by atoms with Gasteiger partial charge in [0.2, 0.25) is 10.0 Å². The molecule has 7 nitrogen and oxygen atoms in total. The third kappa shape index (κ3) is 6.53. The largest absolute Gasteiger partial charge is 0.483 e. The summed E-state index contributed by atoms with van der Waals surface area (Å²) >= 11 is 1.31. The molecule has 0 saturated heterocycles. The lowest BCUT2D eigenvalue weighted by Crippen LogP contribution is -2.20. The number of nitrogens with zero attached hydrogens (tertiary/aromatic N) is 1. The lowest BCUT2D eigenvalue weighted by molar-refractivity contribution is -0.118. The average Bonchev–Trinajstić information content (AvgIpc) is 3.19. The number of hydrogen-bond donors (Lipinski definition) is 2. The van der Waals surface area contributed by atoms with Crippen molar-refractivity contribution in [3.8, 4) is 17.0 Å². The fourth-order valence-electron chi connectivity index (χ4n) is 2.92. The predicted molar refractivity (Wildman–Crippen MR) is 125 cm³/mol. The Hall–Kier alpha value is -2.91. The van der Waals surface area contributed by atoms with Crippen LogP contribution in [-0.4, -0.2) is 32.2 Å². The first kappa shape index (κ1) is 22.8. The second-order valence-electron chi connectivity index (χ2n) is 7.17. The number of carbonyl (C=O) groups excluding carboxylic acids is 1. The fraction of sp³-hybridized carbons (Fsp3) is 0.273. The molecule has 9 heteroatoms. The van der Waals surface area contributed by atoms with Gasteiger partial charge in [-0.2, -0.15) is 0 Å². The molecular formula is C22H25N3O4S2. The molecule has 164 valence electrons. The van der Waals surface area contributed by atoms with Crippen LogP contribution in [0.25, 0.3) is 11.3 Å². The summed E-state index contributed by atoms with van der Waals surface area (Å²) in [5.41, 5.74) is 3.07. The zero-order chi connectivity index (χ0) is 22.4. The van der Waals surface area contributed by atoms with Gasteiger partial charge in [-0.3, -0.25) is 14.8 Å². The van der Waals surface area contributed by atoms with Crippen LogP contribution < -0.4 is 14.8 Å². The van der Waals surface area contributed by atoms with E-state index in [9.17, 15) is 13.2 Å². The van der Waals surface area contributed by atoms with Crippen molar-refractivity contribution in [2.45, 2.75) is 26.2 Å². The Morgan fingerprint density at radius 1 is 1.16 bits per heavy atom. The maximum Gasteiger partial charge on any atom is 0.264 e. The molecule has 1 atom stereocenters. The number of carbonyl (C=O) groups is 1. The number of sulfonamides is 1. The normalized spacial score (nSPS) is 12.2. The summed E-state index contributed by atoms with van der Waals surface area (Å²) < 4.78 is 30.8. The van der Waals surface area contributed by atoms with Crippen LogP contribution in [0.4, 0.5) is 10.8 Å². The van der Waals surface area contributed by atoms with E-state index >= 15 is 0 Å². The van der Waals surface area contributed by atoms with Gasteiger partial charge < -0.3 is 4.74 Å². The highest BCUT2D eigenvalue weighted by Crippen LogP contribution is 2.29. The maximum atomic E-state index is 12.3. The molecule has 3 aromatic rings. The van der Waals surface area contributed by atoms with Crippen molar-refractivity contribution in [2.24, 2.45) is 0 Å². The summed E-state index contributed by atoms with van der Waals surface area (Å²) in [6.45, 7) is 4.14. The highest BCUT2D eigenvalue weighted by molar-refractivity contribution is 7.92. The number of ether oxygens (including phenoxy) is 1. The van der Waals surface area contributed by atoms with Crippen LogP contribution in [0.2, 0.25) is 0 Å². The third-order valence-electron chi connectivity index (χ3n) is 4.66. The number of amides is 1. The highest BCUT2D eigenvalue weighted by Gasteiger charge is 2.13. The van der Waals surface area contributed by atoms with E-state index in [4.69, 9.17) is 4.74 Å². The molecule has 0 aliphatic heterocycles. The minimum atomic E-state index is -3.32. The molecule has 0 spiro atoms. The van der Waals surface area contributed by atoms with Gasteiger partial charge in [-0.05, 0) is 36.1 Å². The van der Waals surface area contributed by atoms with Gasteiger partial charge in [-0.15, -0.1) is 11.3 Å². The Morgan fingerprint density at radius 2 is 1.87 bits per heavy atom. The van der Waals surface area contributed by atoms with Crippen molar-refractivity contribution in [1.82, 2.24) is 4.98 Å². The summed E-state index contributed by atoms with van der Waals surface area (Å²) in [5.74, 6) is 0.780. The van der Waals surface area contributed by atoms with E-state index in [1.807, 2.05) is 29.6 Å². The van der Waals surface area contributed by atoms with Crippen LogP contribution in [0.1, 0.15) is 31.7 Å². The number of aromatic nitrogens is 1. The van der Waals surface area contributed by atoms with Gasteiger partial charge in [0.1, 0.15) is 5.75 Å². The van der Waals surface area contributed by atoms with E-state index in [0.717, 1.165) is 29.6 Å². The molecule has 3 rings (SSSR count). The van der Waals surface area contributed by atoms with Crippen molar-refractivity contribution in [2.75, 3.05) is 22.9 Å². The number of nitrogens with one attached hydrogen (secondary N) is 2. The molecule has 1 unspecified atom stereocenters. The van der Waals surface area contributed by atoms with Crippen LogP contribution in [0, 0.1) is 0 Å². The van der Waals surface area contributed by atoms with Crippen LogP contribution in [0.3, 0.4) is 0 Å². The van der Waals surface area contributed by atoms with Crippen LogP contribution in [0.5, 0.6) is 5.75 Å². The van der Waals surface area contributed by atoms with Gasteiger partial charge in [-0.1, -0.05) is 44.2 Å². The lowest BCUT2D eigenvalue weighted by Gasteiger charge is -2.15. The molecule has 1 amide bonds. The van der Waals surface area contributed by atoms with Crippen LogP contribution >= 0.6 is 11.3 Å². The Morgan fingerprint density at radius 3 is 2.55 bits per heavy atom. The van der Waals surface area contributed by atoms with Crippen molar-refractivity contribution in [3.63, 3.8) is 0 Å². The first-order chi connectivity index (χ1) is 14.7. The second kappa shape index (κ2) is 9.93. The van der Waals surface area contributed by atoms with E-state index in [1.54, 1.807) is 24.3 Å². The molecule has 0 aliphatic rings. The topological polar surface area (TPSA) is 97.4 Å². The van der Waals surface area contributed by atoms with E-state index in [1.165, 1.54) is 11.3 Å². The van der Waals surface area contributed by atoms with Crippen molar-refractivity contribution in [3.05, 3.63) is 59.5 Å². The number of rotatable bonds is 9. The molecule has 0 bridgehead atoms. The monoisotopic (exact) mass is 459 g/mol. The van der Waals surface area contributed by atoms with E-state index in [2.05, 4.69) is 28.9 Å². The molecular weight excluding hydrogens is 434 g/mol. The zero-order valence-electron chi connectivity index (χ0n) is 17.6. The number of para-hydroxylation sites is 1. The zero-order valence-corrected chi connectivity index (χ0v) is 19.2. The minimum Gasteiger partial charge on any atom is -0.483 e. The Labute approximate surface area is 186 Å². The summed E-state index contributed by atoms with van der Waals surface area (Å²) in [7, 11) is -3.32. The minimum absolute atomic E-state index is 0.103. The molecule has 0 aliphatic carbocycles. The first-order valence-corrected chi connectivity index (χ1v) is 12.6. The average molecular weight is 460 g/mol. The molecule has 0 saturated carbocycles. The number of thiazole rings is 1. The van der Waals surface area contributed by atoms with E-state index in [0.29, 0.717) is 22.4 Å². The number of hydrogen-bond acceptors (Lipinski definition) is 6. The first-order valence-electron chi connectivity index (χ1n) is 9.80. The summed E-state index contributed by atoms with van der Waals surface area (Å²) in [6, 6.07) is 14.6. The summed E-state index contributed by atoms with van der Waals surface area (Å²) in [5, 5.41) is 5.06. The lowest BCUT2D eigenvalue weighted by atomic mass is 9.98. The summed E-state index contributed by atoms with van der Waals surface area (Å²) in [4.78, 5) is 16.8. The molecule has 2 aromatic carbocycles. The van der Waals surface area contributed by atoms with Gasteiger partial charge in [0, 0.05) is 16.6 Å². The van der Waals surface area contributed by atoms with Crippen molar-refractivity contribution in [1.29, 1.82) is 0 Å². The van der Waals surface area contributed by atoms with Crippen molar-refractivity contribution >= 4 is 38.1 Å². The third-order valence-corrected chi connectivity index (χ3v) is 6.02. The molecule has 31 heavy (non-hydrogen) atoms. The van der Waals surface area contributed by atoms with Gasteiger partial charge >= 0.3 is 0 Å². The molecule has 0 fully saturated rings. The SMILES string of the molecule is CCC(C)c1ccccc1OCC(=O)Nc1nc(-c2ccc(NS(C)(=O)=O)cc2)cs1.